The smallest absolute Gasteiger partial charge is 0.321 e. The highest BCUT2D eigenvalue weighted by Gasteiger charge is 2.42. The zero-order chi connectivity index (χ0) is 24.3. The predicted molar refractivity (Wildman–Crippen MR) is 142 cm³/mol. The Morgan fingerprint density at radius 3 is 2.26 bits per heavy atom. The number of carbonyl (C=O) groups is 1. The number of carbonyl (C=O) groups excluding carboxylic acids is 1. The number of hydrogen-bond acceptors (Lipinski definition) is 4. The number of hydrogen-bond donors (Lipinski definition) is 2. The largest absolute Gasteiger partial charge is 0.393 e. The predicted octanol–water partition coefficient (Wildman–Crippen LogP) is 4.90. The van der Waals surface area contributed by atoms with Crippen molar-refractivity contribution in [2.75, 3.05) is 49.5 Å². The standard InChI is InChI=1S/C29H40N4O2/c1-23-10-14-29(15-11-23,33-20-18-31(19-21-33)26-8-3-2-4-9-26)24-6-5-7-25(22-24)30-28(35)32-16-12-27(34)13-17-32/h2-9,22-23,27,34H,10-21H2,1H3,(H,30,35). The monoisotopic (exact) mass is 476 g/mol. The maximum Gasteiger partial charge on any atom is 0.321 e. The van der Waals surface area contributed by atoms with Crippen LogP contribution in [0.5, 0.6) is 0 Å². The molecule has 188 valence electrons. The fourth-order valence-corrected chi connectivity index (χ4v) is 6.22. The molecule has 0 spiro atoms. The highest BCUT2D eigenvalue weighted by atomic mass is 16.3. The molecule has 3 fully saturated rings. The minimum Gasteiger partial charge on any atom is -0.393 e. The summed E-state index contributed by atoms with van der Waals surface area (Å²) in [5.74, 6) is 0.770. The van der Waals surface area contributed by atoms with Gasteiger partial charge in [0.05, 0.1) is 6.10 Å². The fraction of sp³-hybridized carbons (Fsp3) is 0.552. The maximum absolute atomic E-state index is 12.9. The molecule has 0 aromatic heterocycles. The van der Waals surface area contributed by atoms with Gasteiger partial charge in [0.25, 0.3) is 0 Å². The summed E-state index contributed by atoms with van der Waals surface area (Å²) in [7, 11) is 0. The van der Waals surface area contributed by atoms with Gasteiger partial charge in [-0.2, -0.15) is 0 Å². The van der Waals surface area contributed by atoms with Gasteiger partial charge in [0.15, 0.2) is 0 Å². The summed E-state index contributed by atoms with van der Waals surface area (Å²) in [5.41, 5.74) is 3.56. The quantitative estimate of drug-likeness (QED) is 0.659. The fourth-order valence-electron chi connectivity index (χ4n) is 6.22. The molecule has 0 bridgehead atoms. The van der Waals surface area contributed by atoms with E-state index in [-0.39, 0.29) is 17.7 Å². The van der Waals surface area contributed by atoms with Gasteiger partial charge in [-0.05, 0) is 74.3 Å². The van der Waals surface area contributed by atoms with Gasteiger partial charge in [-0.25, -0.2) is 4.79 Å². The molecule has 6 nitrogen and oxygen atoms in total. The molecule has 6 heteroatoms. The Bertz CT molecular complexity index is 973. The minimum absolute atomic E-state index is 0.0330. The third kappa shape index (κ3) is 5.34. The molecule has 2 aliphatic heterocycles. The second-order valence-corrected chi connectivity index (χ2v) is 10.8. The summed E-state index contributed by atoms with van der Waals surface area (Å²) >= 11 is 0. The van der Waals surface area contributed by atoms with E-state index >= 15 is 0 Å². The molecule has 2 N–H and O–H groups in total. The summed E-state index contributed by atoms with van der Waals surface area (Å²) in [5, 5.41) is 12.9. The zero-order valence-corrected chi connectivity index (χ0v) is 21.0. The highest BCUT2D eigenvalue weighted by molar-refractivity contribution is 5.89. The molecule has 0 radical (unpaired) electrons. The van der Waals surface area contributed by atoms with E-state index in [4.69, 9.17) is 0 Å². The molecule has 35 heavy (non-hydrogen) atoms. The number of aliphatic hydroxyl groups excluding tert-OH is 1. The van der Waals surface area contributed by atoms with Crippen molar-refractivity contribution in [3.63, 3.8) is 0 Å². The van der Waals surface area contributed by atoms with E-state index in [1.807, 2.05) is 11.0 Å². The Morgan fingerprint density at radius 2 is 1.57 bits per heavy atom. The number of amides is 2. The number of likely N-dealkylation sites (tertiary alicyclic amines) is 1. The number of piperidine rings is 1. The van der Waals surface area contributed by atoms with Crippen LogP contribution < -0.4 is 10.2 Å². The van der Waals surface area contributed by atoms with Crippen LogP contribution in [0.3, 0.4) is 0 Å². The van der Waals surface area contributed by atoms with Crippen molar-refractivity contribution >= 4 is 17.4 Å². The molecule has 1 saturated carbocycles. The summed E-state index contributed by atoms with van der Waals surface area (Å²) < 4.78 is 0. The van der Waals surface area contributed by atoms with Crippen molar-refractivity contribution < 1.29 is 9.90 Å². The lowest BCUT2D eigenvalue weighted by Crippen LogP contribution is -2.56. The summed E-state index contributed by atoms with van der Waals surface area (Å²) in [4.78, 5) is 19.9. The molecule has 0 unspecified atom stereocenters. The maximum atomic E-state index is 12.9. The van der Waals surface area contributed by atoms with Crippen molar-refractivity contribution in [2.24, 2.45) is 5.92 Å². The van der Waals surface area contributed by atoms with Crippen molar-refractivity contribution in [2.45, 2.75) is 57.1 Å². The normalized spacial score (nSPS) is 26.5. The van der Waals surface area contributed by atoms with Crippen LogP contribution in [0.4, 0.5) is 16.2 Å². The summed E-state index contributed by atoms with van der Waals surface area (Å²) in [6.07, 6.45) is 5.85. The third-order valence-corrected chi connectivity index (χ3v) is 8.51. The number of urea groups is 1. The number of para-hydroxylation sites is 1. The Labute approximate surface area is 209 Å². The van der Waals surface area contributed by atoms with Crippen LogP contribution in [-0.2, 0) is 5.54 Å². The lowest BCUT2D eigenvalue weighted by atomic mass is 9.71. The number of anilines is 2. The lowest BCUT2D eigenvalue weighted by Gasteiger charge is -2.51. The number of piperazine rings is 1. The number of aliphatic hydroxyl groups is 1. The van der Waals surface area contributed by atoms with Gasteiger partial charge in [-0.3, -0.25) is 4.90 Å². The first-order valence-corrected chi connectivity index (χ1v) is 13.4. The Balaban J connectivity index is 1.32. The molecule has 2 amide bonds. The first-order chi connectivity index (χ1) is 17.0. The van der Waals surface area contributed by atoms with Gasteiger partial charge in [0, 0.05) is 56.2 Å². The molecule has 5 rings (SSSR count). The second-order valence-electron chi connectivity index (χ2n) is 10.8. The van der Waals surface area contributed by atoms with E-state index in [9.17, 15) is 9.90 Å². The number of nitrogens with zero attached hydrogens (tertiary/aromatic N) is 3. The van der Waals surface area contributed by atoms with E-state index < -0.39 is 0 Å². The Hall–Kier alpha value is -2.57. The first kappa shape index (κ1) is 24.1. The minimum atomic E-state index is -0.279. The van der Waals surface area contributed by atoms with Gasteiger partial charge in [0.2, 0.25) is 0 Å². The third-order valence-electron chi connectivity index (χ3n) is 8.51. The van der Waals surface area contributed by atoms with Crippen molar-refractivity contribution in [1.29, 1.82) is 0 Å². The topological polar surface area (TPSA) is 59.1 Å². The number of rotatable bonds is 4. The summed E-state index contributed by atoms with van der Waals surface area (Å²) in [6, 6.07) is 19.3. The van der Waals surface area contributed by atoms with Crippen LogP contribution in [-0.4, -0.2) is 66.3 Å². The van der Waals surface area contributed by atoms with Gasteiger partial charge in [0.1, 0.15) is 0 Å². The molecule has 1 aliphatic carbocycles. The van der Waals surface area contributed by atoms with Crippen LogP contribution in [0, 0.1) is 5.92 Å². The van der Waals surface area contributed by atoms with Crippen LogP contribution in [0.1, 0.15) is 51.0 Å². The van der Waals surface area contributed by atoms with Gasteiger partial charge in [-0.1, -0.05) is 37.3 Å². The van der Waals surface area contributed by atoms with Gasteiger partial charge < -0.3 is 20.2 Å². The van der Waals surface area contributed by atoms with Crippen LogP contribution in [0.15, 0.2) is 54.6 Å². The highest BCUT2D eigenvalue weighted by Crippen LogP contribution is 2.45. The average Bonchev–Trinajstić information content (AvgIpc) is 2.90. The van der Waals surface area contributed by atoms with Crippen molar-refractivity contribution in [1.82, 2.24) is 9.80 Å². The average molecular weight is 477 g/mol. The SMILES string of the molecule is CC1CCC(c2cccc(NC(=O)N3CCC(O)CC3)c2)(N2CCN(c3ccccc3)CC2)CC1. The molecule has 2 aromatic rings. The van der Waals surface area contributed by atoms with E-state index in [0.29, 0.717) is 25.9 Å². The Kier molecular flexibility index (Phi) is 7.30. The van der Waals surface area contributed by atoms with Crippen molar-refractivity contribution in [3.05, 3.63) is 60.2 Å². The molecule has 0 atom stereocenters. The van der Waals surface area contributed by atoms with E-state index in [1.165, 1.54) is 36.9 Å². The first-order valence-electron chi connectivity index (χ1n) is 13.4. The van der Waals surface area contributed by atoms with Crippen LogP contribution in [0.2, 0.25) is 0 Å². The summed E-state index contributed by atoms with van der Waals surface area (Å²) in [6.45, 7) is 7.78. The molecular formula is C29H40N4O2. The molecule has 2 aromatic carbocycles. The number of benzene rings is 2. The second kappa shape index (κ2) is 10.6. The van der Waals surface area contributed by atoms with E-state index in [1.54, 1.807) is 0 Å². The molecule has 3 aliphatic rings. The lowest BCUT2D eigenvalue weighted by molar-refractivity contribution is 0.0299. The van der Waals surface area contributed by atoms with Crippen LogP contribution in [0.25, 0.3) is 0 Å². The Morgan fingerprint density at radius 1 is 0.886 bits per heavy atom. The van der Waals surface area contributed by atoms with E-state index in [2.05, 4.69) is 70.6 Å². The molecular weight excluding hydrogens is 436 g/mol. The molecule has 2 saturated heterocycles. The van der Waals surface area contributed by atoms with E-state index in [0.717, 1.165) is 37.8 Å². The van der Waals surface area contributed by atoms with Gasteiger partial charge in [-0.15, -0.1) is 0 Å². The van der Waals surface area contributed by atoms with Crippen LogP contribution >= 0.6 is 0 Å². The zero-order valence-electron chi connectivity index (χ0n) is 21.0. The molecule has 2 heterocycles. The number of nitrogens with one attached hydrogen (secondary N) is 1. The van der Waals surface area contributed by atoms with Gasteiger partial charge >= 0.3 is 6.03 Å². The van der Waals surface area contributed by atoms with Crippen molar-refractivity contribution in [3.8, 4) is 0 Å².